The third-order valence-electron chi connectivity index (χ3n) is 6.14. The quantitative estimate of drug-likeness (QED) is 0.764. The van der Waals surface area contributed by atoms with E-state index in [9.17, 15) is 4.79 Å². The molecule has 2 aromatic rings. The summed E-state index contributed by atoms with van der Waals surface area (Å²) in [4.78, 5) is 35.0. The number of amides is 1. The second-order valence-corrected chi connectivity index (χ2v) is 8.31. The van der Waals surface area contributed by atoms with Gasteiger partial charge < -0.3 is 14.5 Å². The van der Waals surface area contributed by atoms with Gasteiger partial charge in [-0.2, -0.15) is 0 Å². The van der Waals surface area contributed by atoms with E-state index in [0.29, 0.717) is 26.1 Å². The second-order valence-electron chi connectivity index (χ2n) is 8.31. The Balaban J connectivity index is 1.39. The zero-order chi connectivity index (χ0) is 21.1. The standard InChI is InChI=1S/C22H30N6O2/c1-4-19-16(2)12-25-21(26-19)27-7-5-22(6-8-27)11-20(29)28(9-10-30-22)15-18-14-23-17(3)13-24-18/h12-14H,4-11,15H2,1-3H3. The summed E-state index contributed by atoms with van der Waals surface area (Å²) < 4.78 is 6.27. The molecule has 2 saturated heterocycles. The summed E-state index contributed by atoms with van der Waals surface area (Å²) in [5, 5.41) is 0. The maximum Gasteiger partial charge on any atom is 0.225 e. The van der Waals surface area contributed by atoms with Crippen molar-refractivity contribution in [1.29, 1.82) is 0 Å². The molecule has 2 aromatic heterocycles. The molecule has 30 heavy (non-hydrogen) atoms. The normalized spacial score (nSPS) is 19.2. The van der Waals surface area contributed by atoms with Crippen LogP contribution in [0.2, 0.25) is 0 Å². The molecule has 4 rings (SSSR count). The highest BCUT2D eigenvalue weighted by Gasteiger charge is 2.41. The molecule has 2 aliphatic heterocycles. The van der Waals surface area contributed by atoms with Crippen molar-refractivity contribution in [2.45, 2.75) is 58.6 Å². The molecule has 4 heterocycles. The van der Waals surface area contributed by atoms with Gasteiger partial charge in [-0.15, -0.1) is 0 Å². The van der Waals surface area contributed by atoms with Crippen LogP contribution in [-0.2, 0) is 22.5 Å². The summed E-state index contributed by atoms with van der Waals surface area (Å²) in [5.41, 5.74) is 3.52. The molecule has 0 saturated carbocycles. The highest BCUT2D eigenvalue weighted by Crippen LogP contribution is 2.33. The SMILES string of the molecule is CCc1nc(N2CCC3(CC2)CC(=O)N(Cc2cnc(C)cn2)CCO3)ncc1C. The van der Waals surface area contributed by atoms with Gasteiger partial charge in [-0.3, -0.25) is 14.8 Å². The Bertz CT molecular complexity index is 893. The molecular formula is C22H30N6O2. The van der Waals surface area contributed by atoms with Crippen molar-refractivity contribution in [3.05, 3.63) is 41.2 Å². The zero-order valence-corrected chi connectivity index (χ0v) is 18.1. The van der Waals surface area contributed by atoms with Crippen LogP contribution in [0.5, 0.6) is 0 Å². The van der Waals surface area contributed by atoms with Crippen molar-refractivity contribution in [3.63, 3.8) is 0 Å². The molecule has 8 nitrogen and oxygen atoms in total. The van der Waals surface area contributed by atoms with E-state index in [0.717, 1.165) is 60.9 Å². The number of ether oxygens (including phenoxy) is 1. The van der Waals surface area contributed by atoms with Gasteiger partial charge in [-0.1, -0.05) is 6.92 Å². The predicted octanol–water partition coefficient (Wildman–Crippen LogP) is 2.23. The molecule has 1 spiro atoms. The fraction of sp³-hybridized carbons (Fsp3) is 0.591. The lowest BCUT2D eigenvalue weighted by Gasteiger charge is -2.40. The van der Waals surface area contributed by atoms with Crippen molar-refractivity contribution < 1.29 is 9.53 Å². The molecule has 8 heteroatoms. The maximum atomic E-state index is 13.0. The highest BCUT2D eigenvalue weighted by atomic mass is 16.5. The number of piperidine rings is 1. The van der Waals surface area contributed by atoms with Gasteiger partial charge in [0.15, 0.2) is 0 Å². The van der Waals surface area contributed by atoms with E-state index >= 15 is 0 Å². The molecule has 0 bridgehead atoms. The molecule has 160 valence electrons. The van der Waals surface area contributed by atoms with E-state index in [2.05, 4.69) is 26.8 Å². The largest absolute Gasteiger partial charge is 0.372 e. The number of aryl methyl sites for hydroxylation is 3. The fourth-order valence-corrected chi connectivity index (χ4v) is 4.21. The van der Waals surface area contributed by atoms with E-state index in [1.165, 1.54) is 0 Å². The third-order valence-corrected chi connectivity index (χ3v) is 6.14. The summed E-state index contributed by atoms with van der Waals surface area (Å²) in [7, 11) is 0. The van der Waals surface area contributed by atoms with Crippen LogP contribution in [0, 0.1) is 13.8 Å². The van der Waals surface area contributed by atoms with Crippen molar-refractivity contribution in [3.8, 4) is 0 Å². The van der Waals surface area contributed by atoms with Crippen LogP contribution in [0.4, 0.5) is 5.95 Å². The molecule has 0 atom stereocenters. The summed E-state index contributed by atoms with van der Waals surface area (Å²) in [6.45, 7) is 9.27. The molecule has 0 aromatic carbocycles. The van der Waals surface area contributed by atoms with Gasteiger partial charge in [-0.25, -0.2) is 9.97 Å². The van der Waals surface area contributed by atoms with Gasteiger partial charge in [0.1, 0.15) is 0 Å². The van der Waals surface area contributed by atoms with E-state index in [4.69, 9.17) is 9.72 Å². The summed E-state index contributed by atoms with van der Waals surface area (Å²) in [5.74, 6) is 0.912. The lowest BCUT2D eigenvalue weighted by atomic mass is 9.87. The summed E-state index contributed by atoms with van der Waals surface area (Å²) >= 11 is 0. The number of nitrogens with zero attached hydrogens (tertiary/aromatic N) is 6. The maximum absolute atomic E-state index is 13.0. The Morgan fingerprint density at radius 1 is 1.07 bits per heavy atom. The van der Waals surface area contributed by atoms with Crippen LogP contribution in [0.3, 0.4) is 0 Å². The Labute approximate surface area is 177 Å². The zero-order valence-electron chi connectivity index (χ0n) is 18.1. The van der Waals surface area contributed by atoms with E-state index in [-0.39, 0.29) is 11.5 Å². The van der Waals surface area contributed by atoms with Crippen LogP contribution < -0.4 is 4.90 Å². The van der Waals surface area contributed by atoms with Crippen LogP contribution in [0.25, 0.3) is 0 Å². The van der Waals surface area contributed by atoms with E-state index in [1.807, 2.05) is 24.9 Å². The van der Waals surface area contributed by atoms with Crippen LogP contribution in [0.1, 0.15) is 48.8 Å². The molecule has 0 aliphatic carbocycles. The second kappa shape index (κ2) is 8.63. The molecular weight excluding hydrogens is 380 g/mol. The lowest BCUT2D eigenvalue weighted by Crippen LogP contribution is -2.47. The lowest BCUT2D eigenvalue weighted by molar-refractivity contribution is -0.134. The van der Waals surface area contributed by atoms with Crippen molar-refractivity contribution in [2.24, 2.45) is 0 Å². The number of hydrogen-bond acceptors (Lipinski definition) is 7. The Kier molecular flexibility index (Phi) is 5.94. The van der Waals surface area contributed by atoms with Crippen LogP contribution in [-0.4, -0.2) is 62.6 Å². The number of carbonyl (C=O) groups excluding carboxylic acids is 1. The van der Waals surface area contributed by atoms with Crippen molar-refractivity contribution >= 4 is 11.9 Å². The Morgan fingerprint density at radius 2 is 1.87 bits per heavy atom. The van der Waals surface area contributed by atoms with E-state index in [1.54, 1.807) is 12.4 Å². The van der Waals surface area contributed by atoms with Gasteiger partial charge in [0, 0.05) is 37.7 Å². The highest BCUT2D eigenvalue weighted by molar-refractivity contribution is 5.77. The molecule has 2 fully saturated rings. The minimum absolute atomic E-state index is 0.128. The molecule has 1 amide bonds. The first-order valence-corrected chi connectivity index (χ1v) is 10.7. The minimum atomic E-state index is -0.389. The van der Waals surface area contributed by atoms with Gasteiger partial charge >= 0.3 is 0 Å². The number of anilines is 1. The minimum Gasteiger partial charge on any atom is -0.372 e. The first-order chi connectivity index (χ1) is 14.5. The number of hydrogen-bond donors (Lipinski definition) is 0. The Hall–Kier alpha value is -2.61. The number of carbonyl (C=O) groups is 1. The third kappa shape index (κ3) is 4.43. The molecule has 0 N–H and O–H groups in total. The number of aromatic nitrogens is 4. The van der Waals surface area contributed by atoms with Gasteiger partial charge in [0.25, 0.3) is 0 Å². The van der Waals surface area contributed by atoms with Gasteiger partial charge in [-0.05, 0) is 38.7 Å². The van der Waals surface area contributed by atoms with Crippen molar-refractivity contribution in [1.82, 2.24) is 24.8 Å². The molecule has 0 radical (unpaired) electrons. The molecule has 2 aliphatic rings. The first kappa shape index (κ1) is 20.7. The topological polar surface area (TPSA) is 84.3 Å². The fourth-order valence-electron chi connectivity index (χ4n) is 4.21. The molecule has 0 unspecified atom stereocenters. The predicted molar refractivity (Wildman–Crippen MR) is 113 cm³/mol. The Morgan fingerprint density at radius 3 is 2.57 bits per heavy atom. The average molecular weight is 411 g/mol. The van der Waals surface area contributed by atoms with Gasteiger partial charge in [0.2, 0.25) is 11.9 Å². The monoisotopic (exact) mass is 410 g/mol. The van der Waals surface area contributed by atoms with E-state index < -0.39 is 0 Å². The van der Waals surface area contributed by atoms with Crippen LogP contribution >= 0.6 is 0 Å². The van der Waals surface area contributed by atoms with Crippen molar-refractivity contribution in [2.75, 3.05) is 31.1 Å². The van der Waals surface area contributed by atoms with Gasteiger partial charge in [0.05, 0.1) is 42.8 Å². The first-order valence-electron chi connectivity index (χ1n) is 10.7. The summed E-state index contributed by atoms with van der Waals surface area (Å²) in [6, 6.07) is 0. The number of rotatable bonds is 4. The average Bonchev–Trinajstić information content (AvgIpc) is 2.89. The smallest absolute Gasteiger partial charge is 0.225 e. The van der Waals surface area contributed by atoms with Crippen LogP contribution in [0.15, 0.2) is 18.6 Å². The summed E-state index contributed by atoms with van der Waals surface area (Å²) in [6.07, 6.45) is 8.30.